The average molecular weight is 466 g/mol. The van der Waals surface area contributed by atoms with E-state index < -0.39 is 16.0 Å². The number of amides is 1. The Morgan fingerprint density at radius 1 is 1.19 bits per heavy atom. The smallest absolute Gasteiger partial charge is 0.341 e. The summed E-state index contributed by atoms with van der Waals surface area (Å²) in [6.45, 7) is 7.03. The average Bonchev–Trinajstić information content (AvgIpc) is 3.04. The van der Waals surface area contributed by atoms with Crippen LogP contribution in [0.5, 0.6) is 0 Å². The minimum Gasteiger partial charge on any atom is -0.462 e. The Kier molecular flexibility index (Phi) is 7.04. The van der Waals surface area contributed by atoms with Crippen LogP contribution in [0.15, 0.2) is 23.1 Å². The summed E-state index contributed by atoms with van der Waals surface area (Å²) in [5.74, 6) is -1.66. The summed E-state index contributed by atoms with van der Waals surface area (Å²) in [5.41, 5.74) is 1.98. The number of rotatable bonds is 6. The maximum Gasteiger partial charge on any atom is 0.341 e. The van der Waals surface area contributed by atoms with Crippen LogP contribution >= 0.6 is 0 Å². The van der Waals surface area contributed by atoms with E-state index in [9.17, 15) is 22.4 Å². The number of nitrogens with zero attached hydrogens (tertiary/aromatic N) is 1. The SMILES string of the molecule is CCOC(=O)c1c(C)[nH]c(C)c1S(=O)(=O)N1CCC(C(=O)Nc2ccc(F)cc2C)CC1. The number of esters is 1. The van der Waals surface area contributed by atoms with Crippen molar-refractivity contribution in [3.63, 3.8) is 0 Å². The molecule has 0 radical (unpaired) electrons. The predicted octanol–water partition coefficient (Wildman–Crippen LogP) is 3.30. The van der Waals surface area contributed by atoms with Crippen molar-refractivity contribution in [2.24, 2.45) is 5.92 Å². The fourth-order valence-corrected chi connectivity index (χ4v) is 5.90. The van der Waals surface area contributed by atoms with Gasteiger partial charge in [0.1, 0.15) is 16.3 Å². The van der Waals surface area contributed by atoms with Crippen LogP contribution in [0, 0.1) is 32.5 Å². The number of sulfonamides is 1. The van der Waals surface area contributed by atoms with Gasteiger partial charge >= 0.3 is 5.97 Å². The normalized spacial score (nSPS) is 15.5. The van der Waals surface area contributed by atoms with Gasteiger partial charge in [-0.1, -0.05) is 0 Å². The van der Waals surface area contributed by atoms with E-state index >= 15 is 0 Å². The van der Waals surface area contributed by atoms with Crippen LogP contribution in [0.3, 0.4) is 0 Å². The number of aryl methyl sites for hydroxylation is 3. The van der Waals surface area contributed by atoms with Gasteiger partial charge < -0.3 is 15.0 Å². The molecule has 2 heterocycles. The van der Waals surface area contributed by atoms with E-state index in [0.717, 1.165) is 0 Å². The van der Waals surface area contributed by atoms with Crippen molar-refractivity contribution >= 4 is 27.6 Å². The molecular weight excluding hydrogens is 437 g/mol. The molecule has 1 fully saturated rings. The number of aromatic amines is 1. The van der Waals surface area contributed by atoms with E-state index in [1.165, 1.54) is 22.5 Å². The van der Waals surface area contributed by atoms with E-state index in [0.29, 0.717) is 35.5 Å². The van der Waals surface area contributed by atoms with Crippen LogP contribution < -0.4 is 5.32 Å². The first-order valence-corrected chi connectivity index (χ1v) is 11.9. The van der Waals surface area contributed by atoms with Crippen molar-refractivity contribution in [2.45, 2.75) is 45.4 Å². The lowest BCUT2D eigenvalue weighted by Crippen LogP contribution is -2.42. The van der Waals surface area contributed by atoms with Crippen molar-refractivity contribution in [1.29, 1.82) is 0 Å². The first-order chi connectivity index (χ1) is 15.1. The summed E-state index contributed by atoms with van der Waals surface area (Å²) in [7, 11) is -3.96. The number of ether oxygens (including phenoxy) is 1. The number of carbonyl (C=O) groups is 2. The molecule has 3 rings (SSSR count). The lowest BCUT2D eigenvalue weighted by molar-refractivity contribution is -0.120. The summed E-state index contributed by atoms with van der Waals surface area (Å²) in [6, 6.07) is 4.13. The van der Waals surface area contributed by atoms with Gasteiger partial charge in [-0.25, -0.2) is 17.6 Å². The van der Waals surface area contributed by atoms with Gasteiger partial charge in [0, 0.05) is 36.1 Å². The predicted molar refractivity (Wildman–Crippen MR) is 117 cm³/mol. The number of carbonyl (C=O) groups excluding carboxylic acids is 2. The third-order valence-corrected chi connectivity index (χ3v) is 7.74. The number of piperidine rings is 1. The second kappa shape index (κ2) is 9.41. The fraction of sp³-hybridized carbons (Fsp3) is 0.455. The molecular formula is C22H28FN3O5S. The van der Waals surface area contributed by atoms with Gasteiger partial charge in [0.2, 0.25) is 15.9 Å². The Bertz CT molecular complexity index is 1130. The zero-order valence-electron chi connectivity index (χ0n) is 18.6. The van der Waals surface area contributed by atoms with E-state index in [4.69, 9.17) is 4.74 Å². The molecule has 1 saturated heterocycles. The molecule has 0 saturated carbocycles. The molecule has 8 nitrogen and oxygen atoms in total. The Morgan fingerprint density at radius 2 is 1.84 bits per heavy atom. The molecule has 1 aliphatic rings. The first-order valence-electron chi connectivity index (χ1n) is 10.5. The number of anilines is 1. The molecule has 174 valence electrons. The fourth-order valence-electron chi connectivity index (χ4n) is 4.02. The third-order valence-electron chi connectivity index (χ3n) is 5.67. The number of aromatic nitrogens is 1. The molecule has 2 N–H and O–H groups in total. The Hall–Kier alpha value is -2.72. The highest BCUT2D eigenvalue weighted by atomic mass is 32.2. The Labute approximate surface area is 187 Å². The van der Waals surface area contributed by atoms with Crippen LogP contribution in [0.4, 0.5) is 10.1 Å². The van der Waals surface area contributed by atoms with Crippen molar-refractivity contribution < 1.29 is 27.1 Å². The van der Waals surface area contributed by atoms with Crippen molar-refractivity contribution in [1.82, 2.24) is 9.29 Å². The largest absolute Gasteiger partial charge is 0.462 e. The van der Waals surface area contributed by atoms with E-state index in [1.807, 2.05) is 0 Å². The molecule has 1 aromatic carbocycles. The Balaban J connectivity index is 1.73. The number of nitrogens with one attached hydrogen (secondary N) is 2. The van der Waals surface area contributed by atoms with Gasteiger partial charge in [-0.05, 0) is 64.3 Å². The second-order valence-electron chi connectivity index (χ2n) is 7.93. The minimum absolute atomic E-state index is 0.0241. The van der Waals surface area contributed by atoms with Crippen LogP contribution in [0.1, 0.15) is 47.1 Å². The summed E-state index contributed by atoms with van der Waals surface area (Å²) in [4.78, 5) is 27.9. The van der Waals surface area contributed by atoms with Crippen molar-refractivity contribution in [3.05, 3.63) is 46.5 Å². The van der Waals surface area contributed by atoms with Gasteiger partial charge in [-0.15, -0.1) is 0 Å². The monoisotopic (exact) mass is 465 g/mol. The summed E-state index contributed by atoms with van der Waals surface area (Å²) >= 11 is 0. The summed E-state index contributed by atoms with van der Waals surface area (Å²) < 4.78 is 46.3. The van der Waals surface area contributed by atoms with Crippen molar-refractivity contribution in [2.75, 3.05) is 25.0 Å². The van der Waals surface area contributed by atoms with Gasteiger partial charge in [0.25, 0.3) is 0 Å². The quantitative estimate of drug-likeness (QED) is 0.637. The molecule has 1 amide bonds. The molecule has 0 spiro atoms. The first kappa shape index (κ1) is 23.9. The third kappa shape index (κ3) is 4.71. The zero-order valence-corrected chi connectivity index (χ0v) is 19.4. The lowest BCUT2D eigenvalue weighted by Gasteiger charge is -2.30. The van der Waals surface area contributed by atoms with E-state index in [-0.39, 0.29) is 47.8 Å². The molecule has 0 bridgehead atoms. The topological polar surface area (TPSA) is 109 Å². The number of halogens is 1. The number of H-pyrrole nitrogens is 1. The van der Waals surface area contributed by atoms with E-state index in [1.54, 1.807) is 27.7 Å². The highest BCUT2D eigenvalue weighted by molar-refractivity contribution is 7.89. The highest BCUT2D eigenvalue weighted by Crippen LogP contribution is 2.31. The highest BCUT2D eigenvalue weighted by Gasteiger charge is 2.37. The summed E-state index contributed by atoms with van der Waals surface area (Å²) in [6.07, 6.45) is 0.672. The van der Waals surface area contributed by atoms with Crippen LogP contribution in [-0.2, 0) is 19.6 Å². The maximum absolute atomic E-state index is 13.4. The number of hydrogen-bond acceptors (Lipinski definition) is 5. The van der Waals surface area contributed by atoms with Gasteiger partial charge in [-0.3, -0.25) is 4.79 Å². The summed E-state index contributed by atoms with van der Waals surface area (Å²) in [5, 5.41) is 2.80. The van der Waals surface area contributed by atoms with Crippen LogP contribution in [0.2, 0.25) is 0 Å². The number of benzene rings is 1. The molecule has 0 atom stereocenters. The van der Waals surface area contributed by atoms with Crippen LogP contribution in [0.25, 0.3) is 0 Å². The molecule has 1 aliphatic heterocycles. The van der Waals surface area contributed by atoms with Gasteiger partial charge in [0.15, 0.2) is 0 Å². The second-order valence-corrected chi connectivity index (χ2v) is 9.80. The number of hydrogen-bond donors (Lipinski definition) is 2. The Morgan fingerprint density at radius 3 is 2.44 bits per heavy atom. The minimum atomic E-state index is -3.96. The molecule has 0 aliphatic carbocycles. The molecule has 10 heteroatoms. The lowest BCUT2D eigenvalue weighted by atomic mass is 9.97. The van der Waals surface area contributed by atoms with Gasteiger partial charge in [0.05, 0.1) is 6.61 Å². The van der Waals surface area contributed by atoms with Crippen molar-refractivity contribution in [3.8, 4) is 0 Å². The molecule has 2 aromatic rings. The maximum atomic E-state index is 13.4. The molecule has 0 unspecified atom stereocenters. The van der Waals surface area contributed by atoms with Crippen LogP contribution in [-0.4, -0.2) is 49.3 Å². The molecule has 1 aromatic heterocycles. The van der Waals surface area contributed by atoms with E-state index in [2.05, 4.69) is 10.3 Å². The zero-order chi connectivity index (χ0) is 23.6. The standard InChI is InChI=1S/C22H28FN3O5S/c1-5-31-22(28)19-14(3)24-15(4)20(19)32(29,30)26-10-8-16(9-11-26)21(27)25-18-7-6-17(23)12-13(18)2/h6-7,12,16,24H,5,8-11H2,1-4H3,(H,25,27). The van der Waals surface area contributed by atoms with Gasteiger partial charge in [-0.2, -0.15) is 4.31 Å². The molecule has 32 heavy (non-hydrogen) atoms.